The van der Waals surface area contributed by atoms with Gasteiger partial charge in [0.05, 0.1) is 44.7 Å². The third-order valence-corrected chi connectivity index (χ3v) is 18.0. The van der Waals surface area contributed by atoms with E-state index in [-0.39, 0.29) is 47.2 Å². The van der Waals surface area contributed by atoms with Crippen molar-refractivity contribution < 1.29 is 99.5 Å². The fraction of sp³-hybridized carbons (Fsp3) is 1.00. The van der Waals surface area contributed by atoms with Crippen molar-refractivity contribution in [1.29, 1.82) is 0 Å². The van der Waals surface area contributed by atoms with E-state index in [9.17, 15) is 66.4 Å². The van der Waals surface area contributed by atoms with Crippen LogP contribution in [0.3, 0.4) is 0 Å². The Hall–Kier alpha value is -0.800. The van der Waals surface area contributed by atoms with Gasteiger partial charge >= 0.3 is 0 Å². The molecule has 28 atom stereocenters. The molecule has 0 amide bonds. The van der Waals surface area contributed by atoms with Crippen molar-refractivity contribution >= 4 is 0 Å². The smallest absolute Gasteiger partial charge is 0.187 e. The van der Waals surface area contributed by atoms with Gasteiger partial charge in [-0.25, -0.2) is 0 Å². The predicted octanol–water partition coefficient (Wildman–Crippen LogP) is -2.81. The first-order valence-corrected chi connectivity index (χ1v) is 23.9. The molecule has 4 aliphatic carbocycles. The Morgan fingerprint density at radius 1 is 0.646 bits per heavy atom. The van der Waals surface area contributed by atoms with Crippen LogP contribution in [-0.2, 0) is 33.2 Å². The molecule has 4 heterocycles. The lowest BCUT2D eigenvalue weighted by Crippen LogP contribution is -2.65. The summed E-state index contributed by atoms with van der Waals surface area (Å²) in [6.07, 6.45) is -18.0. The number of rotatable bonds is 13. The molecule has 20 nitrogen and oxygen atoms in total. The van der Waals surface area contributed by atoms with Gasteiger partial charge in [-0.05, 0) is 97.7 Å². The molecule has 8 unspecified atom stereocenters. The molecule has 4 aliphatic heterocycles. The van der Waals surface area contributed by atoms with Crippen LogP contribution in [0.2, 0.25) is 0 Å². The fourth-order valence-electron chi connectivity index (χ4n) is 14.2. The summed E-state index contributed by atoms with van der Waals surface area (Å²) in [5.74, 6) is -0.194. The molecule has 8 rings (SSSR count). The topological polar surface area (TPSA) is 328 Å². The van der Waals surface area contributed by atoms with Crippen molar-refractivity contribution in [2.75, 3.05) is 26.4 Å². The Bertz CT molecular complexity index is 1600. The molecule has 4 saturated heterocycles. The fourth-order valence-corrected chi connectivity index (χ4v) is 14.2. The second kappa shape index (κ2) is 19.4. The minimum Gasteiger partial charge on any atom is -0.394 e. The van der Waals surface area contributed by atoms with Gasteiger partial charge in [-0.1, -0.05) is 27.7 Å². The van der Waals surface area contributed by atoms with Crippen LogP contribution in [0.25, 0.3) is 0 Å². The Labute approximate surface area is 379 Å². The van der Waals surface area contributed by atoms with Gasteiger partial charge < -0.3 is 99.5 Å². The van der Waals surface area contributed by atoms with E-state index in [1.807, 2.05) is 6.92 Å². The first-order valence-electron chi connectivity index (χ1n) is 23.9. The van der Waals surface area contributed by atoms with Gasteiger partial charge in [0.1, 0.15) is 73.2 Å². The average Bonchev–Trinajstić information content (AvgIpc) is 3.72. The van der Waals surface area contributed by atoms with Crippen molar-refractivity contribution in [1.82, 2.24) is 0 Å². The van der Waals surface area contributed by atoms with Crippen LogP contribution in [0.1, 0.15) is 85.5 Å². The maximum absolute atomic E-state index is 12.1. The number of aliphatic hydroxyl groups excluding tert-OH is 12. The average molecular weight is 937 g/mol. The Morgan fingerprint density at radius 2 is 1.23 bits per heavy atom. The standard InChI is InChI=1S/C45H76O20/c1-18(17-59-40-37(56)34(53)31(50)27(14-46)61-40)7-10-45(58)19(2)30-26(65-45)12-23-21-6-5-20-11-25(24(49)13-44(20,4)22(21)8-9-43(23,30)3)60-42-39(36(55)33(52)29(16-48)63-42)64-41-38(57)35(54)32(51)28(15-47)62-41/h18-42,46-58H,5-17H2,1-4H3/t18?,19?,20-,21?,22?,23?,24+,25-,26?,27-,28-,29-,30?,31-,32-,33+,34-,35-,36-,37-,38-,39-,40-,41+,42-,43+,44+,45?/m1/s1. The lowest BCUT2D eigenvalue weighted by atomic mass is 9.44. The summed E-state index contributed by atoms with van der Waals surface area (Å²) in [5.41, 5.74) is -0.302. The van der Waals surface area contributed by atoms with Crippen LogP contribution in [0.4, 0.5) is 0 Å². The van der Waals surface area contributed by atoms with Gasteiger partial charge in [0, 0.05) is 12.3 Å². The van der Waals surface area contributed by atoms with E-state index in [0.29, 0.717) is 43.4 Å². The highest BCUT2D eigenvalue weighted by molar-refractivity contribution is 5.15. The number of hydrogen-bond donors (Lipinski definition) is 13. The molecule has 8 fully saturated rings. The maximum atomic E-state index is 12.1. The second-order valence-electron chi connectivity index (χ2n) is 21.6. The van der Waals surface area contributed by atoms with Crippen molar-refractivity contribution in [3.8, 4) is 0 Å². The molecule has 0 aromatic rings. The summed E-state index contributed by atoms with van der Waals surface area (Å²) >= 11 is 0. The van der Waals surface area contributed by atoms with E-state index in [0.717, 1.165) is 32.1 Å². The Balaban J connectivity index is 0.885. The van der Waals surface area contributed by atoms with Crippen LogP contribution >= 0.6 is 0 Å². The van der Waals surface area contributed by atoms with Gasteiger partial charge in [0.2, 0.25) is 0 Å². The maximum Gasteiger partial charge on any atom is 0.187 e. The molecule has 376 valence electrons. The zero-order chi connectivity index (χ0) is 47.1. The van der Waals surface area contributed by atoms with E-state index in [4.69, 9.17) is 33.2 Å². The van der Waals surface area contributed by atoms with E-state index in [2.05, 4.69) is 20.8 Å². The highest BCUT2D eigenvalue weighted by Crippen LogP contribution is 2.71. The SMILES string of the molecule is CC(CCC1(O)OC2CC3C4CC[C@@H]5C[C@@H](O[C@@H]6O[C@H](CO)[C@H](O)[C@@H](O)[C@H]6O[C@@H]6O[C@H](CO)[C@@H](O)[C@@H](O)[C@H]6O)[C@@H](O)C[C@]5(C)C4CC[C@]3(C)C2C1C)CO[C@@H]1O[C@H](CO)[C@@H](O)[C@@H](O)[C@H]1O. The van der Waals surface area contributed by atoms with Crippen LogP contribution in [0.5, 0.6) is 0 Å². The molecular weight excluding hydrogens is 860 g/mol. The molecule has 0 aromatic heterocycles. The summed E-state index contributed by atoms with van der Waals surface area (Å²) in [7, 11) is 0. The highest BCUT2D eigenvalue weighted by Gasteiger charge is 2.69. The van der Waals surface area contributed by atoms with Crippen LogP contribution in [-0.4, -0.2) is 209 Å². The largest absolute Gasteiger partial charge is 0.394 e. The number of aliphatic hydroxyl groups is 13. The summed E-state index contributed by atoms with van der Waals surface area (Å²) in [6, 6.07) is 0. The van der Waals surface area contributed by atoms with E-state index in [1.54, 1.807) is 0 Å². The van der Waals surface area contributed by atoms with E-state index >= 15 is 0 Å². The Kier molecular flexibility index (Phi) is 15.1. The van der Waals surface area contributed by atoms with Gasteiger partial charge in [-0.3, -0.25) is 0 Å². The number of ether oxygens (including phenoxy) is 7. The minimum absolute atomic E-state index is 0.0708. The van der Waals surface area contributed by atoms with Gasteiger partial charge in [0.25, 0.3) is 0 Å². The number of fused-ring (bicyclic) bond motifs is 7. The van der Waals surface area contributed by atoms with Crippen molar-refractivity contribution in [3.05, 3.63) is 0 Å². The first-order chi connectivity index (χ1) is 30.7. The Morgan fingerprint density at radius 3 is 1.86 bits per heavy atom. The molecule has 0 aromatic carbocycles. The van der Waals surface area contributed by atoms with Gasteiger partial charge in [-0.15, -0.1) is 0 Å². The minimum atomic E-state index is -1.81. The quantitative estimate of drug-likeness (QED) is 0.0829. The molecule has 0 radical (unpaired) electrons. The third kappa shape index (κ3) is 8.89. The molecular formula is C45H76O20. The summed E-state index contributed by atoms with van der Waals surface area (Å²) < 4.78 is 41.7. The zero-order valence-corrected chi connectivity index (χ0v) is 37.8. The molecule has 13 N–H and O–H groups in total. The lowest BCUT2D eigenvalue weighted by Gasteiger charge is -2.62. The molecule has 4 saturated carbocycles. The first kappa shape index (κ1) is 50.6. The normalized spacial score (nSPS) is 56.1. The monoisotopic (exact) mass is 936 g/mol. The zero-order valence-electron chi connectivity index (χ0n) is 37.8. The number of hydrogen-bond acceptors (Lipinski definition) is 20. The highest BCUT2D eigenvalue weighted by atomic mass is 16.8. The predicted molar refractivity (Wildman–Crippen MR) is 220 cm³/mol. The molecule has 20 heteroatoms. The van der Waals surface area contributed by atoms with Crippen LogP contribution < -0.4 is 0 Å². The molecule has 8 aliphatic rings. The lowest BCUT2D eigenvalue weighted by molar-refractivity contribution is -0.376. The van der Waals surface area contributed by atoms with Gasteiger partial charge in [0.15, 0.2) is 24.7 Å². The van der Waals surface area contributed by atoms with Gasteiger partial charge in [-0.2, -0.15) is 0 Å². The van der Waals surface area contributed by atoms with E-state index in [1.165, 1.54) is 0 Å². The third-order valence-electron chi connectivity index (χ3n) is 18.0. The molecule has 0 spiro atoms. The summed E-state index contributed by atoms with van der Waals surface area (Å²) in [4.78, 5) is 0. The molecule has 0 bridgehead atoms. The van der Waals surface area contributed by atoms with Crippen molar-refractivity contribution in [2.45, 2.75) is 202 Å². The van der Waals surface area contributed by atoms with Crippen LogP contribution in [0, 0.1) is 52.3 Å². The van der Waals surface area contributed by atoms with Crippen molar-refractivity contribution in [3.63, 3.8) is 0 Å². The van der Waals surface area contributed by atoms with Crippen molar-refractivity contribution in [2.24, 2.45) is 52.3 Å². The van der Waals surface area contributed by atoms with Crippen LogP contribution in [0.15, 0.2) is 0 Å². The second-order valence-corrected chi connectivity index (χ2v) is 21.6. The summed E-state index contributed by atoms with van der Waals surface area (Å²) in [6.45, 7) is 6.91. The van der Waals surface area contributed by atoms with E-state index < -0.39 is 130 Å². The summed E-state index contributed by atoms with van der Waals surface area (Å²) in [5, 5.41) is 137. The molecule has 65 heavy (non-hydrogen) atoms.